The van der Waals surface area contributed by atoms with E-state index < -0.39 is 0 Å². The van der Waals surface area contributed by atoms with Crippen LogP contribution < -0.4 is 0 Å². The second-order valence-corrected chi connectivity index (χ2v) is 5.06. The number of halogens is 1. The van der Waals surface area contributed by atoms with E-state index in [0.717, 1.165) is 16.7 Å². The number of carbonyl (C=O) groups is 1. The molecule has 0 bridgehead atoms. The van der Waals surface area contributed by atoms with Gasteiger partial charge in [-0.05, 0) is 22.8 Å². The molecule has 0 fully saturated rings. The Morgan fingerprint density at radius 1 is 1.25 bits per heavy atom. The van der Waals surface area contributed by atoms with Crippen molar-refractivity contribution in [2.24, 2.45) is 0 Å². The summed E-state index contributed by atoms with van der Waals surface area (Å²) in [5, 5.41) is 0.447. The Bertz CT molecular complexity index is 631. The first-order valence-corrected chi connectivity index (χ1v) is 6.69. The van der Waals surface area contributed by atoms with Gasteiger partial charge in [0.05, 0.1) is 6.54 Å². The van der Waals surface area contributed by atoms with Crippen molar-refractivity contribution in [2.75, 3.05) is 0 Å². The van der Waals surface area contributed by atoms with Crippen LogP contribution in [0.1, 0.15) is 16.7 Å². The summed E-state index contributed by atoms with van der Waals surface area (Å²) < 4.78 is 5.31. The van der Waals surface area contributed by atoms with Gasteiger partial charge >= 0.3 is 6.09 Å². The summed E-state index contributed by atoms with van der Waals surface area (Å²) in [5.74, 6) is 0. The smallest absolute Gasteiger partial charge is 0.410 e. The SMILES string of the molecule is O=C(OCc1ccccc1)N1Cc2cnc(Cl)cc2C1. The van der Waals surface area contributed by atoms with Crippen LogP contribution in [0.15, 0.2) is 42.6 Å². The van der Waals surface area contributed by atoms with E-state index >= 15 is 0 Å². The molecule has 0 N–H and O–H groups in total. The van der Waals surface area contributed by atoms with Crippen molar-refractivity contribution < 1.29 is 9.53 Å². The van der Waals surface area contributed by atoms with Gasteiger partial charge in [-0.25, -0.2) is 9.78 Å². The number of benzene rings is 1. The molecule has 5 heteroatoms. The molecule has 2 heterocycles. The fraction of sp³-hybridized carbons (Fsp3) is 0.200. The molecule has 0 unspecified atom stereocenters. The summed E-state index contributed by atoms with van der Waals surface area (Å²) >= 11 is 5.85. The number of fused-ring (bicyclic) bond motifs is 1. The first-order valence-electron chi connectivity index (χ1n) is 6.31. The molecule has 20 heavy (non-hydrogen) atoms. The molecular formula is C15H13ClN2O2. The third kappa shape index (κ3) is 2.75. The number of aromatic nitrogens is 1. The van der Waals surface area contributed by atoms with Crippen molar-refractivity contribution >= 4 is 17.7 Å². The van der Waals surface area contributed by atoms with Crippen LogP contribution in [0, 0.1) is 0 Å². The van der Waals surface area contributed by atoms with E-state index in [2.05, 4.69) is 4.98 Å². The van der Waals surface area contributed by atoms with Gasteiger partial charge in [-0.2, -0.15) is 0 Å². The van der Waals surface area contributed by atoms with Crippen LogP contribution in [0.25, 0.3) is 0 Å². The molecule has 0 atom stereocenters. The van der Waals surface area contributed by atoms with Gasteiger partial charge in [-0.1, -0.05) is 41.9 Å². The summed E-state index contributed by atoms with van der Waals surface area (Å²) in [4.78, 5) is 17.7. The van der Waals surface area contributed by atoms with Gasteiger partial charge in [0.1, 0.15) is 11.8 Å². The number of hydrogen-bond donors (Lipinski definition) is 0. The monoisotopic (exact) mass is 288 g/mol. The van der Waals surface area contributed by atoms with Crippen LogP contribution in [0.5, 0.6) is 0 Å². The number of rotatable bonds is 2. The zero-order chi connectivity index (χ0) is 13.9. The molecule has 3 rings (SSSR count). The topological polar surface area (TPSA) is 42.4 Å². The van der Waals surface area contributed by atoms with E-state index in [0.29, 0.717) is 18.2 Å². The molecule has 1 aromatic heterocycles. The standard InChI is InChI=1S/C15H13ClN2O2/c16-14-6-12-8-18(9-13(12)7-17-14)15(19)20-10-11-4-2-1-3-5-11/h1-7H,8-10H2. The van der Waals surface area contributed by atoms with Crippen LogP contribution in [0.3, 0.4) is 0 Å². The minimum atomic E-state index is -0.318. The molecule has 1 aromatic carbocycles. The highest BCUT2D eigenvalue weighted by molar-refractivity contribution is 6.29. The maximum Gasteiger partial charge on any atom is 0.410 e. The number of pyridine rings is 1. The maximum absolute atomic E-state index is 12.0. The first kappa shape index (κ1) is 12.9. The van der Waals surface area contributed by atoms with E-state index in [1.807, 2.05) is 30.3 Å². The second kappa shape index (κ2) is 5.51. The first-order chi connectivity index (χ1) is 9.72. The Morgan fingerprint density at radius 3 is 2.80 bits per heavy atom. The van der Waals surface area contributed by atoms with Crippen molar-refractivity contribution in [1.82, 2.24) is 9.88 Å². The van der Waals surface area contributed by atoms with E-state index in [1.165, 1.54) is 0 Å². The quantitative estimate of drug-likeness (QED) is 0.796. The van der Waals surface area contributed by atoms with Crippen LogP contribution in [-0.2, 0) is 24.4 Å². The van der Waals surface area contributed by atoms with Crippen molar-refractivity contribution in [3.05, 3.63) is 64.4 Å². The number of ether oxygens (including phenoxy) is 1. The van der Waals surface area contributed by atoms with Crippen LogP contribution in [-0.4, -0.2) is 16.0 Å². The highest BCUT2D eigenvalue weighted by Crippen LogP contribution is 2.24. The lowest BCUT2D eigenvalue weighted by Gasteiger charge is -2.15. The molecule has 1 aliphatic heterocycles. The number of nitrogens with zero attached hydrogens (tertiary/aromatic N) is 2. The second-order valence-electron chi connectivity index (χ2n) is 4.67. The van der Waals surface area contributed by atoms with Gasteiger partial charge in [0.25, 0.3) is 0 Å². The van der Waals surface area contributed by atoms with E-state index in [-0.39, 0.29) is 12.7 Å². The Kier molecular flexibility index (Phi) is 3.56. The predicted octanol–water partition coefficient (Wildman–Crippen LogP) is 3.39. The third-order valence-corrected chi connectivity index (χ3v) is 3.44. The summed E-state index contributed by atoms with van der Waals surface area (Å²) in [6.07, 6.45) is 1.39. The van der Waals surface area contributed by atoms with Crippen molar-refractivity contribution in [3.8, 4) is 0 Å². The molecule has 0 saturated carbocycles. The predicted molar refractivity (Wildman–Crippen MR) is 75.1 cm³/mol. The van der Waals surface area contributed by atoms with E-state index in [9.17, 15) is 4.79 Å². The van der Waals surface area contributed by atoms with Crippen LogP contribution in [0.2, 0.25) is 5.15 Å². The minimum absolute atomic E-state index is 0.283. The number of hydrogen-bond acceptors (Lipinski definition) is 3. The van der Waals surface area contributed by atoms with Gasteiger partial charge in [0.2, 0.25) is 0 Å². The van der Waals surface area contributed by atoms with Gasteiger partial charge in [0, 0.05) is 12.7 Å². The highest BCUT2D eigenvalue weighted by atomic mass is 35.5. The van der Waals surface area contributed by atoms with E-state index in [1.54, 1.807) is 17.2 Å². The maximum atomic E-state index is 12.0. The molecule has 0 saturated heterocycles. The largest absolute Gasteiger partial charge is 0.445 e. The van der Waals surface area contributed by atoms with Crippen molar-refractivity contribution in [2.45, 2.75) is 19.7 Å². The molecule has 102 valence electrons. The molecule has 0 aliphatic carbocycles. The Labute approximate surface area is 122 Å². The van der Waals surface area contributed by atoms with Gasteiger partial charge in [-0.15, -0.1) is 0 Å². The highest BCUT2D eigenvalue weighted by Gasteiger charge is 2.24. The van der Waals surface area contributed by atoms with Gasteiger partial charge in [0.15, 0.2) is 0 Å². The summed E-state index contributed by atoms with van der Waals surface area (Å²) in [6.45, 7) is 1.32. The molecule has 4 nitrogen and oxygen atoms in total. The Balaban J connectivity index is 1.60. The zero-order valence-corrected chi connectivity index (χ0v) is 11.5. The van der Waals surface area contributed by atoms with Crippen molar-refractivity contribution in [3.63, 3.8) is 0 Å². The summed E-state index contributed by atoms with van der Waals surface area (Å²) in [7, 11) is 0. The third-order valence-electron chi connectivity index (χ3n) is 3.24. The van der Waals surface area contributed by atoms with E-state index in [4.69, 9.17) is 16.3 Å². The molecule has 0 radical (unpaired) electrons. The summed E-state index contributed by atoms with van der Waals surface area (Å²) in [5.41, 5.74) is 3.02. The van der Waals surface area contributed by atoms with Crippen molar-refractivity contribution in [1.29, 1.82) is 0 Å². The zero-order valence-electron chi connectivity index (χ0n) is 10.8. The van der Waals surface area contributed by atoms with Crippen LogP contribution >= 0.6 is 11.6 Å². The molecule has 0 spiro atoms. The average molecular weight is 289 g/mol. The fourth-order valence-electron chi connectivity index (χ4n) is 2.19. The Morgan fingerprint density at radius 2 is 2.00 bits per heavy atom. The molecular weight excluding hydrogens is 276 g/mol. The minimum Gasteiger partial charge on any atom is -0.445 e. The lowest BCUT2D eigenvalue weighted by molar-refractivity contribution is 0.0955. The normalized spacial score (nSPS) is 13.2. The lowest BCUT2D eigenvalue weighted by Crippen LogP contribution is -2.25. The molecule has 1 aliphatic rings. The molecule has 2 aromatic rings. The fourth-order valence-corrected chi connectivity index (χ4v) is 2.37. The number of carbonyl (C=O) groups excluding carboxylic acids is 1. The average Bonchev–Trinajstić information content (AvgIpc) is 2.89. The van der Waals surface area contributed by atoms with Gasteiger partial charge < -0.3 is 4.74 Å². The lowest BCUT2D eigenvalue weighted by atomic mass is 10.2. The Hall–Kier alpha value is -2.07. The molecule has 1 amide bonds. The summed E-state index contributed by atoms with van der Waals surface area (Å²) in [6, 6.07) is 11.4. The van der Waals surface area contributed by atoms with Crippen LogP contribution in [0.4, 0.5) is 4.79 Å². The number of amides is 1. The van der Waals surface area contributed by atoms with Gasteiger partial charge in [-0.3, -0.25) is 4.90 Å².